The van der Waals surface area contributed by atoms with Crippen LogP contribution in [0.15, 0.2) is 24.3 Å². The van der Waals surface area contributed by atoms with Gasteiger partial charge in [-0.25, -0.2) is 4.79 Å². The number of amides is 2. The lowest BCUT2D eigenvalue weighted by molar-refractivity contribution is 0.148. The third kappa shape index (κ3) is 5.45. The molecule has 5 heteroatoms. The molecule has 5 nitrogen and oxygen atoms in total. The van der Waals surface area contributed by atoms with E-state index in [0.717, 1.165) is 38.9 Å². The van der Waals surface area contributed by atoms with Gasteiger partial charge in [0.05, 0.1) is 0 Å². The van der Waals surface area contributed by atoms with E-state index in [1.165, 1.54) is 37.3 Å². The quantitative estimate of drug-likeness (QED) is 0.879. The van der Waals surface area contributed by atoms with E-state index in [9.17, 15) is 4.79 Å². The molecule has 2 fully saturated rings. The first kappa shape index (κ1) is 19.2. The molecule has 144 valence electrons. The van der Waals surface area contributed by atoms with E-state index >= 15 is 0 Å². The summed E-state index contributed by atoms with van der Waals surface area (Å²) in [6.45, 7) is 10.2. The number of likely N-dealkylation sites (tertiary alicyclic amines) is 1. The average Bonchev–Trinajstić information content (AvgIpc) is 2.66. The highest BCUT2D eigenvalue weighted by Gasteiger charge is 2.22. The molecular weight excluding hydrogens is 324 g/mol. The van der Waals surface area contributed by atoms with E-state index in [1.807, 2.05) is 11.8 Å². The molecule has 26 heavy (non-hydrogen) atoms. The first-order valence-electron chi connectivity index (χ1n) is 10.2. The number of benzene rings is 1. The van der Waals surface area contributed by atoms with Crippen molar-refractivity contribution < 1.29 is 4.79 Å². The van der Waals surface area contributed by atoms with E-state index < -0.39 is 0 Å². The predicted octanol–water partition coefficient (Wildman–Crippen LogP) is 2.42. The van der Waals surface area contributed by atoms with E-state index in [-0.39, 0.29) is 6.03 Å². The number of likely N-dealkylation sites (N-methyl/N-ethyl adjacent to an activating group) is 1. The van der Waals surface area contributed by atoms with Crippen molar-refractivity contribution in [2.75, 3.05) is 52.9 Å². The molecule has 2 amide bonds. The summed E-state index contributed by atoms with van der Waals surface area (Å²) in [6, 6.07) is 9.32. The molecule has 1 aromatic carbocycles. The minimum atomic E-state index is 0.0965. The topological polar surface area (TPSA) is 38.8 Å². The van der Waals surface area contributed by atoms with E-state index in [4.69, 9.17) is 0 Å². The lowest BCUT2D eigenvalue weighted by Crippen LogP contribution is -2.44. The predicted molar refractivity (Wildman–Crippen MR) is 106 cm³/mol. The Morgan fingerprint density at radius 3 is 2.23 bits per heavy atom. The number of piperidine rings is 1. The molecule has 0 aliphatic carbocycles. The number of nitrogens with one attached hydrogen (secondary N) is 1. The van der Waals surface area contributed by atoms with Gasteiger partial charge in [-0.3, -0.25) is 4.90 Å². The standard InChI is InChI=1S/C21H34N4O/c1-3-22-21(26)25-10-8-19(9-11-25)16-18-4-6-20(7-5-18)17-24-14-12-23(2)13-15-24/h4-7,19H,3,8-17H2,1-2H3,(H,22,26). The Morgan fingerprint density at radius 1 is 1.00 bits per heavy atom. The molecule has 0 atom stereocenters. The van der Waals surface area contributed by atoms with Crippen LogP contribution in [0, 0.1) is 5.92 Å². The van der Waals surface area contributed by atoms with Crippen LogP contribution in [-0.2, 0) is 13.0 Å². The van der Waals surface area contributed by atoms with Gasteiger partial charge in [-0.1, -0.05) is 24.3 Å². The summed E-state index contributed by atoms with van der Waals surface area (Å²) >= 11 is 0. The van der Waals surface area contributed by atoms with Gasteiger partial charge in [-0.2, -0.15) is 0 Å². The summed E-state index contributed by atoms with van der Waals surface area (Å²) in [4.78, 5) is 18.8. The van der Waals surface area contributed by atoms with Crippen molar-refractivity contribution in [3.8, 4) is 0 Å². The second-order valence-electron chi connectivity index (χ2n) is 7.87. The Balaban J connectivity index is 1.43. The van der Waals surface area contributed by atoms with Crippen LogP contribution in [-0.4, -0.2) is 73.6 Å². The second-order valence-corrected chi connectivity index (χ2v) is 7.87. The summed E-state index contributed by atoms with van der Waals surface area (Å²) in [5.41, 5.74) is 2.85. The normalized spacial score (nSPS) is 20.3. The number of hydrogen-bond donors (Lipinski definition) is 1. The number of carbonyl (C=O) groups is 1. The molecule has 2 heterocycles. The summed E-state index contributed by atoms with van der Waals surface area (Å²) in [5.74, 6) is 0.698. The SMILES string of the molecule is CCNC(=O)N1CCC(Cc2ccc(CN3CCN(C)CC3)cc2)CC1. The average molecular weight is 359 g/mol. The molecular formula is C21H34N4O. The lowest BCUT2D eigenvalue weighted by atomic mass is 9.90. The molecule has 0 saturated carbocycles. The summed E-state index contributed by atoms with van der Waals surface area (Å²) in [7, 11) is 2.20. The van der Waals surface area contributed by atoms with Gasteiger partial charge >= 0.3 is 6.03 Å². The number of rotatable bonds is 5. The van der Waals surface area contributed by atoms with Crippen LogP contribution >= 0.6 is 0 Å². The molecule has 3 rings (SSSR count). The largest absolute Gasteiger partial charge is 0.338 e. The minimum absolute atomic E-state index is 0.0965. The van der Waals surface area contributed by atoms with Gasteiger partial charge in [0.2, 0.25) is 0 Å². The van der Waals surface area contributed by atoms with Gasteiger partial charge in [0.1, 0.15) is 0 Å². The van der Waals surface area contributed by atoms with Crippen molar-refractivity contribution >= 4 is 6.03 Å². The number of piperazine rings is 1. The first-order chi connectivity index (χ1) is 12.6. The molecule has 0 spiro atoms. The van der Waals surface area contributed by atoms with Gasteiger partial charge in [0.15, 0.2) is 0 Å². The van der Waals surface area contributed by atoms with Crippen molar-refractivity contribution in [3.63, 3.8) is 0 Å². The monoisotopic (exact) mass is 358 g/mol. The Bertz CT molecular complexity index is 558. The second kappa shape index (κ2) is 9.38. The zero-order chi connectivity index (χ0) is 18.4. The van der Waals surface area contributed by atoms with Gasteiger partial charge in [0.25, 0.3) is 0 Å². The fraction of sp³-hybridized carbons (Fsp3) is 0.667. The van der Waals surface area contributed by atoms with E-state index in [1.54, 1.807) is 0 Å². The Morgan fingerprint density at radius 2 is 1.62 bits per heavy atom. The van der Waals surface area contributed by atoms with Crippen LogP contribution in [0.1, 0.15) is 30.9 Å². The van der Waals surface area contributed by atoms with Crippen LogP contribution < -0.4 is 5.32 Å². The molecule has 2 saturated heterocycles. The minimum Gasteiger partial charge on any atom is -0.338 e. The molecule has 0 bridgehead atoms. The van der Waals surface area contributed by atoms with Crippen molar-refractivity contribution in [2.24, 2.45) is 5.92 Å². The fourth-order valence-corrected chi connectivity index (χ4v) is 3.98. The molecule has 0 radical (unpaired) electrons. The van der Waals surface area contributed by atoms with Crippen LogP contribution in [0.25, 0.3) is 0 Å². The molecule has 2 aliphatic heterocycles. The molecule has 1 N–H and O–H groups in total. The molecule has 0 aromatic heterocycles. The van der Waals surface area contributed by atoms with Crippen LogP contribution in [0.4, 0.5) is 4.79 Å². The van der Waals surface area contributed by atoms with Crippen LogP contribution in [0.5, 0.6) is 0 Å². The van der Waals surface area contributed by atoms with Crippen LogP contribution in [0.2, 0.25) is 0 Å². The Kier molecular flexibility index (Phi) is 6.92. The lowest BCUT2D eigenvalue weighted by Gasteiger charge is -2.32. The van der Waals surface area contributed by atoms with Crippen molar-refractivity contribution in [2.45, 2.75) is 32.7 Å². The number of carbonyl (C=O) groups excluding carboxylic acids is 1. The third-order valence-electron chi connectivity index (χ3n) is 5.78. The van der Waals surface area contributed by atoms with Crippen LogP contribution in [0.3, 0.4) is 0 Å². The zero-order valence-electron chi connectivity index (χ0n) is 16.4. The maximum Gasteiger partial charge on any atom is 0.317 e. The first-order valence-corrected chi connectivity index (χ1v) is 10.2. The Hall–Kier alpha value is -1.59. The van der Waals surface area contributed by atoms with Crippen molar-refractivity contribution in [3.05, 3.63) is 35.4 Å². The van der Waals surface area contributed by atoms with E-state index in [2.05, 4.69) is 46.4 Å². The van der Waals surface area contributed by atoms with Gasteiger partial charge < -0.3 is 15.1 Å². The highest BCUT2D eigenvalue weighted by Crippen LogP contribution is 2.22. The zero-order valence-corrected chi connectivity index (χ0v) is 16.4. The maximum atomic E-state index is 11.9. The van der Waals surface area contributed by atoms with Crippen molar-refractivity contribution in [1.82, 2.24) is 20.0 Å². The number of urea groups is 1. The smallest absolute Gasteiger partial charge is 0.317 e. The summed E-state index contributed by atoms with van der Waals surface area (Å²) in [5, 5.41) is 2.90. The molecule has 0 unspecified atom stereocenters. The molecule has 1 aromatic rings. The number of hydrogen-bond acceptors (Lipinski definition) is 3. The van der Waals surface area contributed by atoms with Gasteiger partial charge in [-0.05, 0) is 50.3 Å². The fourth-order valence-electron chi connectivity index (χ4n) is 3.98. The third-order valence-corrected chi connectivity index (χ3v) is 5.78. The van der Waals surface area contributed by atoms with Gasteiger partial charge in [0, 0.05) is 52.4 Å². The Labute approximate surface area is 158 Å². The van der Waals surface area contributed by atoms with Crippen molar-refractivity contribution in [1.29, 1.82) is 0 Å². The van der Waals surface area contributed by atoms with E-state index in [0.29, 0.717) is 12.5 Å². The summed E-state index contributed by atoms with van der Waals surface area (Å²) < 4.78 is 0. The summed E-state index contributed by atoms with van der Waals surface area (Å²) in [6.07, 6.45) is 3.36. The maximum absolute atomic E-state index is 11.9. The van der Waals surface area contributed by atoms with Gasteiger partial charge in [-0.15, -0.1) is 0 Å². The number of nitrogens with zero attached hydrogens (tertiary/aromatic N) is 3. The molecule has 2 aliphatic rings. The highest BCUT2D eigenvalue weighted by atomic mass is 16.2. The highest BCUT2D eigenvalue weighted by molar-refractivity contribution is 5.74.